The summed E-state index contributed by atoms with van der Waals surface area (Å²) in [5.74, 6) is 0. The normalized spacial score (nSPS) is 10.5. The molecule has 0 aromatic heterocycles. The molecule has 0 radical (unpaired) electrons. The van der Waals surface area contributed by atoms with E-state index in [-0.39, 0.29) is 12.9 Å². The van der Waals surface area contributed by atoms with Crippen molar-refractivity contribution in [3.8, 4) is 0 Å². The van der Waals surface area contributed by atoms with Crippen LogP contribution in [0.2, 0.25) is 0 Å². The zero-order chi connectivity index (χ0) is 6.41. The highest BCUT2D eigenvalue weighted by molar-refractivity contribution is 4.47. The maximum atomic E-state index is 8.28. The van der Waals surface area contributed by atoms with E-state index in [9.17, 15) is 0 Å². The Morgan fingerprint density at radius 2 is 1.88 bits per heavy atom. The van der Waals surface area contributed by atoms with Crippen molar-refractivity contribution in [2.24, 2.45) is 0 Å². The molecule has 0 saturated heterocycles. The van der Waals surface area contributed by atoms with Crippen LogP contribution in [0.15, 0.2) is 0 Å². The predicted octanol–water partition coefficient (Wildman–Crippen LogP) is 1.14. The standard InChI is InChI=1S/C6H14O2/c1-3-6(4-2)8-5-7/h6-7H,3-5H2,1-2H3. The van der Waals surface area contributed by atoms with Crippen molar-refractivity contribution >= 4 is 0 Å². The van der Waals surface area contributed by atoms with Gasteiger partial charge in [0.25, 0.3) is 0 Å². The summed E-state index contributed by atoms with van der Waals surface area (Å²) in [7, 11) is 0. The van der Waals surface area contributed by atoms with E-state index in [4.69, 9.17) is 9.84 Å². The summed E-state index contributed by atoms with van der Waals surface area (Å²) in [6.45, 7) is 3.94. The lowest BCUT2D eigenvalue weighted by Gasteiger charge is -2.09. The Morgan fingerprint density at radius 1 is 1.38 bits per heavy atom. The van der Waals surface area contributed by atoms with Crippen LogP contribution in [0.4, 0.5) is 0 Å². The molecule has 0 amide bonds. The highest BCUT2D eigenvalue weighted by Crippen LogP contribution is 2.00. The first-order valence-electron chi connectivity index (χ1n) is 3.07. The monoisotopic (exact) mass is 118 g/mol. The van der Waals surface area contributed by atoms with Crippen molar-refractivity contribution in [1.82, 2.24) is 0 Å². The van der Waals surface area contributed by atoms with Gasteiger partial charge in [0.05, 0.1) is 6.10 Å². The largest absolute Gasteiger partial charge is 0.371 e. The van der Waals surface area contributed by atoms with E-state index < -0.39 is 0 Å². The molecule has 0 unspecified atom stereocenters. The molecule has 2 heteroatoms. The van der Waals surface area contributed by atoms with Gasteiger partial charge in [0.2, 0.25) is 0 Å². The molecule has 0 heterocycles. The van der Waals surface area contributed by atoms with Crippen LogP contribution < -0.4 is 0 Å². The Balaban J connectivity index is 3.07. The Hall–Kier alpha value is -0.0800. The van der Waals surface area contributed by atoms with Crippen molar-refractivity contribution in [2.45, 2.75) is 32.8 Å². The maximum Gasteiger partial charge on any atom is 0.143 e. The van der Waals surface area contributed by atoms with Crippen LogP contribution in [0, 0.1) is 0 Å². The van der Waals surface area contributed by atoms with Gasteiger partial charge in [0.1, 0.15) is 6.79 Å². The second-order valence-electron chi connectivity index (χ2n) is 1.73. The average Bonchev–Trinajstić information content (AvgIpc) is 1.83. The number of rotatable bonds is 4. The molecule has 0 aromatic rings. The van der Waals surface area contributed by atoms with Gasteiger partial charge in [-0.1, -0.05) is 13.8 Å². The Morgan fingerprint density at radius 3 is 2.00 bits per heavy atom. The van der Waals surface area contributed by atoms with Crippen LogP contribution in [0.1, 0.15) is 26.7 Å². The van der Waals surface area contributed by atoms with Crippen LogP contribution in [0.25, 0.3) is 0 Å². The summed E-state index contributed by atoms with van der Waals surface area (Å²) in [4.78, 5) is 0. The molecule has 0 atom stereocenters. The molecule has 0 aliphatic rings. The van der Waals surface area contributed by atoms with Gasteiger partial charge in [-0.15, -0.1) is 0 Å². The van der Waals surface area contributed by atoms with Crippen molar-refractivity contribution < 1.29 is 9.84 Å². The number of aliphatic hydroxyl groups is 1. The molecule has 0 saturated carbocycles. The molecule has 0 rings (SSSR count). The number of aliphatic hydroxyl groups excluding tert-OH is 1. The highest BCUT2D eigenvalue weighted by atomic mass is 16.6. The van der Waals surface area contributed by atoms with E-state index >= 15 is 0 Å². The van der Waals surface area contributed by atoms with Crippen molar-refractivity contribution in [2.75, 3.05) is 6.79 Å². The van der Waals surface area contributed by atoms with Gasteiger partial charge in [-0.3, -0.25) is 0 Å². The summed E-state index contributed by atoms with van der Waals surface area (Å²) in [5, 5.41) is 8.28. The third kappa shape index (κ3) is 2.99. The summed E-state index contributed by atoms with van der Waals surface area (Å²) < 4.78 is 4.90. The first kappa shape index (κ1) is 7.92. The molecule has 0 aliphatic carbocycles. The van der Waals surface area contributed by atoms with Gasteiger partial charge in [-0.2, -0.15) is 0 Å². The van der Waals surface area contributed by atoms with Gasteiger partial charge >= 0.3 is 0 Å². The number of ether oxygens (including phenoxy) is 1. The van der Waals surface area contributed by atoms with Gasteiger partial charge in [-0.25, -0.2) is 0 Å². The molecule has 0 fully saturated rings. The highest BCUT2D eigenvalue weighted by Gasteiger charge is 1.99. The van der Waals surface area contributed by atoms with Crippen LogP contribution >= 0.6 is 0 Å². The lowest BCUT2D eigenvalue weighted by atomic mass is 10.2. The van der Waals surface area contributed by atoms with E-state index in [1.165, 1.54) is 0 Å². The van der Waals surface area contributed by atoms with Crippen LogP contribution in [-0.4, -0.2) is 18.0 Å². The van der Waals surface area contributed by atoms with Crippen molar-refractivity contribution in [3.63, 3.8) is 0 Å². The quantitative estimate of drug-likeness (QED) is 0.561. The minimum absolute atomic E-state index is 0.146. The fourth-order valence-corrected chi connectivity index (χ4v) is 0.630. The van der Waals surface area contributed by atoms with Crippen LogP contribution in [0.5, 0.6) is 0 Å². The lowest BCUT2D eigenvalue weighted by molar-refractivity contribution is -0.0520. The lowest BCUT2D eigenvalue weighted by Crippen LogP contribution is -2.10. The average molecular weight is 118 g/mol. The third-order valence-electron chi connectivity index (χ3n) is 1.22. The topological polar surface area (TPSA) is 29.5 Å². The zero-order valence-electron chi connectivity index (χ0n) is 5.55. The third-order valence-corrected chi connectivity index (χ3v) is 1.22. The van der Waals surface area contributed by atoms with Gasteiger partial charge in [0.15, 0.2) is 0 Å². The second-order valence-corrected chi connectivity index (χ2v) is 1.73. The fourth-order valence-electron chi connectivity index (χ4n) is 0.630. The van der Waals surface area contributed by atoms with E-state index in [1.54, 1.807) is 0 Å². The van der Waals surface area contributed by atoms with Gasteiger partial charge in [-0.05, 0) is 12.8 Å². The summed E-state index contributed by atoms with van der Waals surface area (Å²) in [5.41, 5.74) is 0. The number of hydrogen-bond acceptors (Lipinski definition) is 2. The minimum Gasteiger partial charge on any atom is -0.371 e. The number of hydrogen-bond donors (Lipinski definition) is 1. The van der Waals surface area contributed by atoms with E-state index in [1.807, 2.05) is 13.8 Å². The SMILES string of the molecule is CCC(CC)OCO. The van der Waals surface area contributed by atoms with Crippen molar-refractivity contribution in [3.05, 3.63) is 0 Å². The fraction of sp³-hybridized carbons (Fsp3) is 1.00. The molecule has 0 bridgehead atoms. The van der Waals surface area contributed by atoms with Crippen molar-refractivity contribution in [1.29, 1.82) is 0 Å². The molecular weight excluding hydrogens is 104 g/mol. The Labute approximate surface area is 50.5 Å². The van der Waals surface area contributed by atoms with Gasteiger partial charge < -0.3 is 9.84 Å². The van der Waals surface area contributed by atoms with Crippen LogP contribution in [-0.2, 0) is 4.74 Å². The zero-order valence-corrected chi connectivity index (χ0v) is 5.55. The molecule has 1 N–H and O–H groups in total. The van der Waals surface area contributed by atoms with E-state index in [0.29, 0.717) is 0 Å². The molecule has 0 spiro atoms. The predicted molar refractivity (Wildman–Crippen MR) is 32.5 cm³/mol. The first-order valence-corrected chi connectivity index (χ1v) is 3.07. The molecule has 8 heavy (non-hydrogen) atoms. The smallest absolute Gasteiger partial charge is 0.143 e. The molecule has 0 aliphatic heterocycles. The molecule has 0 aromatic carbocycles. The van der Waals surface area contributed by atoms with E-state index in [2.05, 4.69) is 0 Å². The second kappa shape index (κ2) is 5.06. The molecular formula is C6H14O2. The summed E-state index contributed by atoms with van der Waals surface area (Å²) in [6, 6.07) is 0. The molecule has 2 nitrogen and oxygen atoms in total. The Bertz CT molecular complexity index is 41.8. The van der Waals surface area contributed by atoms with E-state index in [0.717, 1.165) is 12.8 Å². The Kier molecular flexibility index (Phi) is 5.01. The summed E-state index contributed by atoms with van der Waals surface area (Å²) in [6.07, 6.45) is 2.22. The van der Waals surface area contributed by atoms with Crippen LogP contribution in [0.3, 0.4) is 0 Å². The first-order chi connectivity index (χ1) is 3.85. The minimum atomic E-state index is -0.146. The molecule has 50 valence electrons. The summed E-state index contributed by atoms with van der Waals surface area (Å²) >= 11 is 0. The maximum absolute atomic E-state index is 8.28. The van der Waals surface area contributed by atoms with Gasteiger partial charge in [0, 0.05) is 0 Å².